The Hall–Kier alpha value is -3.00. The molecule has 2 aromatic carbocycles. The third kappa shape index (κ3) is 5.76. The largest absolute Gasteiger partial charge is 0.493 e. The zero-order valence-electron chi connectivity index (χ0n) is 17.5. The van der Waals surface area contributed by atoms with Crippen LogP contribution >= 0.6 is 15.9 Å². The number of allylic oxidation sites excluding steroid dienone is 1. The van der Waals surface area contributed by atoms with Crippen molar-refractivity contribution in [3.63, 3.8) is 0 Å². The molecule has 0 fully saturated rings. The summed E-state index contributed by atoms with van der Waals surface area (Å²) in [4.78, 5) is 25.8. The molecule has 0 bridgehead atoms. The number of halogens is 1. The van der Waals surface area contributed by atoms with Gasteiger partial charge in [0.15, 0.2) is 35.4 Å². The number of ketones is 1. The molecule has 2 aromatic rings. The first kappa shape index (κ1) is 23.3. The van der Waals surface area contributed by atoms with Crippen molar-refractivity contribution in [3.05, 3.63) is 52.0 Å². The van der Waals surface area contributed by atoms with Crippen molar-refractivity contribution >= 4 is 33.7 Å². The average Bonchev–Trinajstić information content (AvgIpc) is 2.75. The highest BCUT2D eigenvalue weighted by atomic mass is 79.9. The molecule has 2 rings (SSSR count). The second kappa shape index (κ2) is 10.7. The topological polar surface area (TPSA) is 74.3 Å². The van der Waals surface area contributed by atoms with Crippen LogP contribution in [0.2, 0.25) is 0 Å². The molecule has 1 amide bonds. The predicted octanol–water partition coefficient (Wildman–Crippen LogP) is 3.84. The molecule has 0 heterocycles. The summed E-state index contributed by atoms with van der Waals surface area (Å²) in [6.07, 6.45) is 3.12. The van der Waals surface area contributed by atoms with Crippen molar-refractivity contribution < 1.29 is 28.5 Å². The molecule has 0 radical (unpaired) electrons. The van der Waals surface area contributed by atoms with Gasteiger partial charge in [0.25, 0.3) is 5.91 Å². The van der Waals surface area contributed by atoms with Crippen molar-refractivity contribution in [2.24, 2.45) is 0 Å². The number of amides is 1. The normalized spacial score (nSPS) is 10.6. The quantitative estimate of drug-likeness (QED) is 0.403. The summed E-state index contributed by atoms with van der Waals surface area (Å²) in [6, 6.07) is 8.47. The van der Waals surface area contributed by atoms with Gasteiger partial charge < -0.3 is 23.8 Å². The molecule has 160 valence electrons. The van der Waals surface area contributed by atoms with E-state index in [4.69, 9.17) is 18.9 Å². The van der Waals surface area contributed by atoms with Crippen LogP contribution in [0.15, 0.2) is 40.9 Å². The molecule has 0 N–H and O–H groups in total. The molecular formula is C22H24BrNO6. The second-order valence-electron chi connectivity index (χ2n) is 6.38. The number of carbonyl (C=O) groups is 2. The average molecular weight is 478 g/mol. The van der Waals surface area contributed by atoms with Gasteiger partial charge in [-0.2, -0.15) is 0 Å². The van der Waals surface area contributed by atoms with Crippen LogP contribution < -0.4 is 18.9 Å². The van der Waals surface area contributed by atoms with E-state index in [1.165, 1.54) is 32.3 Å². The Balaban J connectivity index is 2.22. The molecule has 30 heavy (non-hydrogen) atoms. The molecule has 7 nitrogen and oxygen atoms in total. The molecule has 0 atom stereocenters. The maximum Gasteiger partial charge on any atom is 0.259 e. The van der Waals surface area contributed by atoms with E-state index in [2.05, 4.69) is 15.9 Å². The maximum absolute atomic E-state index is 12.5. The fourth-order valence-electron chi connectivity index (χ4n) is 2.50. The monoisotopic (exact) mass is 477 g/mol. The lowest BCUT2D eigenvalue weighted by Crippen LogP contribution is -2.27. The van der Waals surface area contributed by atoms with Gasteiger partial charge in [-0.05, 0) is 57.9 Å². The molecule has 0 unspecified atom stereocenters. The van der Waals surface area contributed by atoms with Crippen molar-refractivity contribution in [1.82, 2.24) is 4.90 Å². The molecule has 8 heteroatoms. The summed E-state index contributed by atoms with van der Waals surface area (Å²) in [6.45, 7) is -0.116. The third-order valence-electron chi connectivity index (χ3n) is 4.19. The van der Waals surface area contributed by atoms with E-state index in [1.807, 2.05) is 0 Å². The van der Waals surface area contributed by atoms with Crippen molar-refractivity contribution in [2.45, 2.75) is 0 Å². The number of hydrogen-bond acceptors (Lipinski definition) is 6. The van der Waals surface area contributed by atoms with Crippen molar-refractivity contribution in [2.75, 3.05) is 42.0 Å². The number of methoxy groups -OCH3 is 3. The van der Waals surface area contributed by atoms with Gasteiger partial charge in [-0.3, -0.25) is 9.59 Å². The van der Waals surface area contributed by atoms with Gasteiger partial charge in [0.2, 0.25) is 0 Å². The van der Waals surface area contributed by atoms with Crippen LogP contribution in [0.3, 0.4) is 0 Å². The van der Waals surface area contributed by atoms with Crippen LogP contribution in [0.1, 0.15) is 15.9 Å². The van der Waals surface area contributed by atoms with Crippen LogP contribution in [0.4, 0.5) is 0 Å². The van der Waals surface area contributed by atoms with Gasteiger partial charge in [0.05, 0.1) is 25.8 Å². The summed E-state index contributed by atoms with van der Waals surface area (Å²) >= 11 is 3.43. The Bertz CT molecular complexity index is 955. The predicted molar refractivity (Wildman–Crippen MR) is 118 cm³/mol. The lowest BCUT2D eigenvalue weighted by molar-refractivity contribution is -0.130. The van der Waals surface area contributed by atoms with E-state index in [0.29, 0.717) is 33.0 Å². The summed E-state index contributed by atoms with van der Waals surface area (Å²) in [7, 11) is 7.86. The van der Waals surface area contributed by atoms with E-state index < -0.39 is 0 Å². The van der Waals surface area contributed by atoms with Gasteiger partial charge in [-0.15, -0.1) is 0 Å². The standard InChI is InChI=1S/C22H24BrNO6/c1-24(2)21(26)13-30-22-16(23)10-14(11-20(22)29-5)6-8-17(25)15-7-9-18(27-3)19(12-15)28-4/h6-12H,13H2,1-5H3. The molecule has 0 aliphatic heterocycles. The lowest BCUT2D eigenvalue weighted by Gasteiger charge is -2.15. The van der Waals surface area contributed by atoms with Gasteiger partial charge >= 0.3 is 0 Å². The number of hydrogen-bond donors (Lipinski definition) is 0. The van der Waals surface area contributed by atoms with E-state index in [9.17, 15) is 9.59 Å². The highest BCUT2D eigenvalue weighted by Gasteiger charge is 2.14. The van der Waals surface area contributed by atoms with Crippen molar-refractivity contribution in [3.8, 4) is 23.0 Å². The molecule has 0 spiro atoms. The fraction of sp³-hybridized carbons (Fsp3) is 0.273. The Morgan fingerprint density at radius 3 is 2.23 bits per heavy atom. The highest BCUT2D eigenvalue weighted by Crippen LogP contribution is 2.37. The van der Waals surface area contributed by atoms with Crippen LogP contribution in [0.25, 0.3) is 6.08 Å². The minimum Gasteiger partial charge on any atom is -0.493 e. The van der Waals surface area contributed by atoms with Gasteiger partial charge in [0, 0.05) is 19.7 Å². The smallest absolute Gasteiger partial charge is 0.259 e. The first-order valence-electron chi connectivity index (χ1n) is 8.95. The SMILES string of the molecule is COc1ccc(C(=O)C=Cc2cc(Br)c(OCC(=O)N(C)C)c(OC)c2)cc1OC. The number of likely N-dealkylation sites (N-methyl/N-ethyl adjacent to an activating group) is 1. The molecule has 0 saturated heterocycles. The Kier molecular flexibility index (Phi) is 8.29. The maximum atomic E-state index is 12.5. The van der Waals surface area contributed by atoms with Crippen LogP contribution in [-0.2, 0) is 4.79 Å². The number of ether oxygens (including phenoxy) is 4. The molecule has 0 aromatic heterocycles. The van der Waals surface area contributed by atoms with Gasteiger partial charge in [-0.25, -0.2) is 0 Å². The third-order valence-corrected chi connectivity index (χ3v) is 4.77. The summed E-state index contributed by atoms with van der Waals surface area (Å²) in [5.41, 5.74) is 1.19. The first-order chi connectivity index (χ1) is 14.3. The summed E-state index contributed by atoms with van der Waals surface area (Å²) < 4.78 is 22.0. The van der Waals surface area contributed by atoms with E-state index in [1.54, 1.807) is 50.5 Å². The van der Waals surface area contributed by atoms with Crippen LogP contribution in [0, 0.1) is 0 Å². The molecule has 0 aliphatic carbocycles. The zero-order valence-corrected chi connectivity index (χ0v) is 19.1. The van der Waals surface area contributed by atoms with E-state index in [0.717, 1.165) is 5.56 Å². The lowest BCUT2D eigenvalue weighted by atomic mass is 10.1. The summed E-state index contributed by atoms with van der Waals surface area (Å²) in [5, 5.41) is 0. The number of rotatable bonds is 9. The number of benzene rings is 2. The molecule has 0 aliphatic rings. The molecule has 0 saturated carbocycles. The van der Waals surface area contributed by atoms with Gasteiger partial charge in [-0.1, -0.05) is 6.08 Å². The van der Waals surface area contributed by atoms with Gasteiger partial charge in [0.1, 0.15) is 0 Å². The van der Waals surface area contributed by atoms with Crippen LogP contribution in [-0.4, -0.2) is 58.6 Å². The minimum atomic E-state index is -0.192. The number of nitrogens with zero attached hydrogens (tertiary/aromatic N) is 1. The minimum absolute atomic E-state index is 0.116. The Morgan fingerprint density at radius 1 is 0.967 bits per heavy atom. The Labute approximate surface area is 184 Å². The summed E-state index contributed by atoms with van der Waals surface area (Å²) in [5.74, 6) is 1.52. The molecular weight excluding hydrogens is 454 g/mol. The second-order valence-corrected chi connectivity index (χ2v) is 7.23. The van der Waals surface area contributed by atoms with Crippen molar-refractivity contribution in [1.29, 1.82) is 0 Å². The van der Waals surface area contributed by atoms with E-state index >= 15 is 0 Å². The highest BCUT2D eigenvalue weighted by molar-refractivity contribution is 9.10. The van der Waals surface area contributed by atoms with E-state index in [-0.39, 0.29) is 18.3 Å². The van der Waals surface area contributed by atoms with Crippen LogP contribution in [0.5, 0.6) is 23.0 Å². The fourth-order valence-corrected chi connectivity index (χ4v) is 3.07. The zero-order chi connectivity index (χ0) is 22.3. The first-order valence-corrected chi connectivity index (χ1v) is 9.75. The Morgan fingerprint density at radius 2 is 1.63 bits per heavy atom. The number of carbonyl (C=O) groups excluding carboxylic acids is 2.